The number of nitrogens with zero attached hydrogens (tertiary/aromatic N) is 4. The fraction of sp³-hybridized carbons (Fsp3) is 0.426. The van der Waals surface area contributed by atoms with Crippen molar-refractivity contribution in [2.75, 3.05) is 52.3 Å². The molecule has 0 spiro atoms. The largest absolute Gasteiger partial charge is 0.493 e. The number of sulfone groups is 1. The number of rotatable bonds is 26. The van der Waals surface area contributed by atoms with Gasteiger partial charge in [-0.3, -0.25) is 33.2 Å². The minimum absolute atomic E-state index is 0.0266. The highest BCUT2D eigenvalue weighted by molar-refractivity contribution is 7.90. The Morgan fingerprint density at radius 2 is 1.44 bits per heavy atom. The predicted molar refractivity (Wildman–Crippen MR) is 277 cm³/mol. The van der Waals surface area contributed by atoms with Gasteiger partial charge in [-0.05, 0) is 108 Å². The Labute approximate surface area is 421 Å². The third-order valence-electron chi connectivity index (χ3n) is 12.8. The Bertz CT molecular complexity index is 3000. The maximum atomic E-state index is 14.2. The normalized spacial score (nSPS) is 14.8. The molecule has 7 rings (SSSR count). The molecule has 4 aromatic carbocycles. The smallest absolute Gasteiger partial charge is 0.328 e. The molecule has 0 bridgehead atoms. The number of aryl methyl sites for hydroxylation is 2. The summed E-state index contributed by atoms with van der Waals surface area (Å²) in [6.07, 6.45) is 8.93. The van der Waals surface area contributed by atoms with Crippen LogP contribution >= 0.6 is 0 Å². The van der Waals surface area contributed by atoms with Crippen LogP contribution < -0.4 is 35.9 Å². The molecule has 17 nitrogen and oxygen atoms in total. The highest BCUT2D eigenvalue weighted by Crippen LogP contribution is 2.37. The van der Waals surface area contributed by atoms with Crippen LogP contribution in [0.25, 0.3) is 11.0 Å². The van der Waals surface area contributed by atoms with Crippen molar-refractivity contribution in [1.82, 2.24) is 29.6 Å². The molecule has 1 atom stereocenters. The van der Waals surface area contributed by atoms with Gasteiger partial charge in [0.15, 0.2) is 9.84 Å². The highest BCUT2D eigenvalue weighted by Gasteiger charge is 2.44. The number of hydrogen-bond donors (Lipinski definition) is 3. The van der Waals surface area contributed by atoms with E-state index in [2.05, 4.69) is 27.4 Å². The standard InChI is InChI=1S/C54H67N7O10S/c1-7-26-69-40-31-41(70-27-15-14-25-58(3)4)33-42(32-40)71-49-34-48-47(59(5)54(66)60(48)6)29-38(49)35-72(67,68)43-18-16-17-37(28-43)50(62)56-24-13-11-9-8-10-12-23-55-39-20-21-44-45(30-39)53(65)61(52(44)64)46-22-19-36(2)57-51(46)63/h16-18,20-21,28-34,46,55H,2,7-15,19,22-27,35H2,1,3-6H3,(H,56,62)(H,57,63). The van der Waals surface area contributed by atoms with Crippen molar-refractivity contribution in [1.29, 1.82) is 0 Å². The van der Waals surface area contributed by atoms with Gasteiger partial charge >= 0.3 is 5.69 Å². The van der Waals surface area contributed by atoms with Crippen LogP contribution in [0.1, 0.15) is 114 Å². The molecule has 1 aromatic heterocycles. The molecule has 0 radical (unpaired) electrons. The van der Waals surface area contributed by atoms with E-state index in [-0.39, 0.29) is 27.8 Å². The van der Waals surface area contributed by atoms with Gasteiger partial charge in [0.2, 0.25) is 5.91 Å². The number of amides is 4. The first-order chi connectivity index (χ1) is 34.5. The van der Waals surface area contributed by atoms with E-state index >= 15 is 0 Å². The first kappa shape index (κ1) is 52.9. The van der Waals surface area contributed by atoms with Crippen LogP contribution in [0.15, 0.2) is 94.8 Å². The maximum absolute atomic E-state index is 14.2. The molecule has 0 aliphatic carbocycles. The Balaban J connectivity index is 0.899. The number of imidazole rings is 1. The number of ether oxygens (including phenoxy) is 3. The second kappa shape index (κ2) is 24.0. The molecule has 18 heteroatoms. The monoisotopic (exact) mass is 1010 g/mol. The van der Waals surface area contributed by atoms with Gasteiger partial charge in [0, 0.05) is 74.0 Å². The number of carbonyl (C=O) groups excluding carboxylic acids is 4. The van der Waals surface area contributed by atoms with E-state index in [0.29, 0.717) is 89.8 Å². The lowest BCUT2D eigenvalue weighted by Crippen LogP contribution is -2.51. The van der Waals surface area contributed by atoms with Crippen molar-refractivity contribution >= 4 is 50.2 Å². The molecule has 2 aliphatic rings. The van der Waals surface area contributed by atoms with Crippen molar-refractivity contribution in [3.63, 3.8) is 0 Å². The zero-order chi connectivity index (χ0) is 51.5. The number of piperidine rings is 1. The second-order valence-electron chi connectivity index (χ2n) is 18.8. The van der Waals surface area contributed by atoms with E-state index in [0.717, 1.165) is 74.9 Å². The molecule has 1 saturated heterocycles. The van der Waals surface area contributed by atoms with Crippen LogP contribution in [0.4, 0.5) is 5.69 Å². The van der Waals surface area contributed by atoms with Crippen molar-refractivity contribution < 1.29 is 41.8 Å². The third kappa shape index (κ3) is 12.9. The van der Waals surface area contributed by atoms with Crippen LogP contribution in [-0.4, -0.2) is 104 Å². The van der Waals surface area contributed by atoms with Gasteiger partial charge in [-0.25, -0.2) is 13.2 Å². The number of unbranched alkanes of at least 4 members (excludes halogenated alkanes) is 6. The van der Waals surface area contributed by atoms with Gasteiger partial charge in [-0.1, -0.05) is 45.3 Å². The summed E-state index contributed by atoms with van der Waals surface area (Å²) in [6.45, 7) is 8.80. The number of fused-ring (bicyclic) bond motifs is 2. The zero-order valence-corrected chi connectivity index (χ0v) is 42.8. The van der Waals surface area contributed by atoms with Crippen molar-refractivity contribution in [3.05, 3.63) is 118 Å². The zero-order valence-electron chi connectivity index (χ0n) is 42.0. The molecule has 384 valence electrons. The average molecular weight is 1010 g/mol. The minimum Gasteiger partial charge on any atom is -0.493 e. The quantitative estimate of drug-likeness (QED) is 0.0361. The molecule has 4 amide bonds. The first-order valence-corrected chi connectivity index (χ1v) is 26.5. The van der Waals surface area contributed by atoms with E-state index < -0.39 is 39.4 Å². The van der Waals surface area contributed by atoms with E-state index in [4.69, 9.17) is 14.2 Å². The van der Waals surface area contributed by atoms with Crippen molar-refractivity contribution in [3.8, 4) is 23.0 Å². The van der Waals surface area contributed by atoms with Crippen LogP contribution in [0.2, 0.25) is 0 Å². The summed E-state index contributed by atoms with van der Waals surface area (Å²) in [6, 6.07) is 18.8. The summed E-state index contributed by atoms with van der Waals surface area (Å²) < 4.78 is 49.9. The summed E-state index contributed by atoms with van der Waals surface area (Å²) in [5, 5.41) is 8.92. The Morgan fingerprint density at radius 1 is 0.778 bits per heavy atom. The van der Waals surface area contributed by atoms with E-state index in [1.54, 1.807) is 74.8 Å². The summed E-state index contributed by atoms with van der Waals surface area (Å²) in [5.41, 5.74) is 3.26. The van der Waals surface area contributed by atoms with Gasteiger partial charge in [0.25, 0.3) is 17.7 Å². The van der Waals surface area contributed by atoms with Gasteiger partial charge < -0.3 is 35.1 Å². The molecule has 3 heterocycles. The molecule has 72 heavy (non-hydrogen) atoms. The summed E-state index contributed by atoms with van der Waals surface area (Å²) in [7, 11) is 3.29. The number of carbonyl (C=O) groups is 4. The van der Waals surface area contributed by atoms with E-state index in [1.807, 2.05) is 21.0 Å². The number of hydrogen-bond acceptors (Lipinski definition) is 12. The summed E-state index contributed by atoms with van der Waals surface area (Å²) in [5.74, 6) is -0.462. The number of allylic oxidation sites excluding steroid dienone is 1. The van der Waals surface area contributed by atoms with Crippen molar-refractivity contribution in [2.45, 2.75) is 94.2 Å². The van der Waals surface area contributed by atoms with E-state index in [1.165, 1.54) is 21.3 Å². The Morgan fingerprint density at radius 3 is 2.15 bits per heavy atom. The first-order valence-electron chi connectivity index (χ1n) is 24.8. The molecule has 2 aliphatic heterocycles. The van der Waals surface area contributed by atoms with Gasteiger partial charge in [-0.15, -0.1) is 0 Å². The average Bonchev–Trinajstić information content (AvgIpc) is 3.72. The number of aromatic nitrogens is 2. The summed E-state index contributed by atoms with van der Waals surface area (Å²) in [4.78, 5) is 68.3. The Kier molecular flexibility index (Phi) is 17.6. The SMILES string of the molecule is C=C1CCC(N2C(=O)c3ccc(NCCCCCCCCNC(=O)c4cccc(S(=O)(=O)Cc5cc6c(cc5Oc5cc(OCCC)cc(OCCCCN(C)C)c5)n(C)c(=O)n6C)c4)cc3C2=O)C(=O)N1. The third-order valence-corrected chi connectivity index (χ3v) is 14.5. The second-order valence-corrected chi connectivity index (χ2v) is 20.8. The van der Waals surface area contributed by atoms with Crippen LogP contribution in [0, 0.1) is 0 Å². The minimum atomic E-state index is -4.05. The lowest BCUT2D eigenvalue weighted by Gasteiger charge is -2.29. The van der Waals surface area contributed by atoms with Crippen LogP contribution in [0.5, 0.6) is 23.0 Å². The van der Waals surface area contributed by atoms with Gasteiger partial charge in [0.1, 0.15) is 29.0 Å². The molecular weight excluding hydrogens is 939 g/mol. The number of benzene rings is 4. The molecule has 5 aromatic rings. The van der Waals surface area contributed by atoms with Crippen molar-refractivity contribution in [2.24, 2.45) is 14.1 Å². The molecule has 1 unspecified atom stereocenters. The molecule has 1 fully saturated rings. The van der Waals surface area contributed by atoms with E-state index in [9.17, 15) is 32.4 Å². The predicted octanol–water partition coefficient (Wildman–Crippen LogP) is 7.72. The fourth-order valence-electron chi connectivity index (χ4n) is 8.89. The lowest BCUT2D eigenvalue weighted by atomic mass is 10.0. The number of anilines is 1. The van der Waals surface area contributed by atoms with Gasteiger partial charge in [0.05, 0.1) is 46.0 Å². The maximum Gasteiger partial charge on any atom is 0.328 e. The van der Waals surface area contributed by atoms with Crippen LogP contribution in [0.3, 0.4) is 0 Å². The Hall–Kier alpha value is -6.92. The molecular formula is C54H67N7O10S. The molecule has 0 saturated carbocycles. The topological polar surface area (TPSA) is 200 Å². The number of imide groups is 1. The van der Waals surface area contributed by atoms with Crippen LogP contribution in [-0.2, 0) is 34.5 Å². The number of nitrogens with one attached hydrogen (secondary N) is 3. The highest BCUT2D eigenvalue weighted by atomic mass is 32.2. The fourth-order valence-corrected chi connectivity index (χ4v) is 10.3. The summed E-state index contributed by atoms with van der Waals surface area (Å²) >= 11 is 0. The van der Waals surface area contributed by atoms with Gasteiger partial charge in [-0.2, -0.15) is 0 Å². The lowest BCUT2D eigenvalue weighted by molar-refractivity contribution is -0.125. The molecule has 3 N–H and O–H groups in total.